The molecule has 0 unspecified atom stereocenters. The van der Waals surface area contributed by atoms with Crippen molar-refractivity contribution in [3.05, 3.63) is 78.9 Å². The van der Waals surface area contributed by atoms with Gasteiger partial charge in [-0.3, -0.25) is 4.79 Å². The van der Waals surface area contributed by atoms with E-state index in [1.165, 1.54) is 14.2 Å². The molecular weight excluding hydrogens is 604 g/mol. The minimum Gasteiger partial charge on any atom is -0.482 e. The predicted molar refractivity (Wildman–Crippen MR) is 179 cm³/mol. The van der Waals surface area contributed by atoms with Crippen LogP contribution in [0.2, 0.25) is 5.04 Å². The molecule has 46 heavy (non-hydrogen) atoms. The van der Waals surface area contributed by atoms with Crippen LogP contribution >= 0.6 is 0 Å². The van der Waals surface area contributed by atoms with Crippen LogP contribution in [0.3, 0.4) is 0 Å². The molecule has 0 bridgehead atoms. The van der Waals surface area contributed by atoms with Crippen LogP contribution in [0.4, 0.5) is 11.4 Å². The number of carbonyl (C=O) groups excluding carboxylic acids is 1. The standard InChI is InChI=1S/C35H46N2O8Si/c1-33(2,3)46(25-14-10-8-11-15-25,26-16-12-9-13-17-26)43-22-30-32(45-35(5,41-7)34(4,40-6)44-30)28(38)21-36-24-18-19-29-27(20-24)37-31(39)23-42-29/h8-20,28,30,32,36,38H,21-23H2,1-7H3,(H,37,39)/t28-,30-,32-,34+,35+/m1/s1. The predicted octanol–water partition coefficient (Wildman–Crippen LogP) is 3.88. The Hall–Kier alpha value is -3.29. The number of carbonyl (C=O) groups is 1. The SMILES string of the molecule is CO[C@@]1(C)O[C@H]([C@H](O)CNc2ccc3c(c2)NC(=O)CO3)[C@@H](CO[Si](c2ccccc2)(c2ccccc2)C(C)(C)C)O[C@]1(C)OC. The highest BCUT2D eigenvalue weighted by molar-refractivity contribution is 6.99. The van der Waals surface area contributed by atoms with Gasteiger partial charge in [-0.15, -0.1) is 0 Å². The Morgan fingerprint density at radius 1 is 0.957 bits per heavy atom. The summed E-state index contributed by atoms with van der Waals surface area (Å²) in [6.07, 6.45) is -2.65. The van der Waals surface area contributed by atoms with E-state index in [4.69, 9.17) is 28.1 Å². The number of nitrogens with one attached hydrogen (secondary N) is 2. The summed E-state index contributed by atoms with van der Waals surface area (Å²) >= 11 is 0. The van der Waals surface area contributed by atoms with Gasteiger partial charge in [0.25, 0.3) is 14.2 Å². The number of amides is 1. The van der Waals surface area contributed by atoms with Crippen LogP contribution in [-0.4, -0.2) is 83.2 Å². The number of ether oxygens (including phenoxy) is 5. The first-order valence-electron chi connectivity index (χ1n) is 15.6. The summed E-state index contributed by atoms with van der Waals surface area (Å²) in [7, 11) is 0.118. The van der Waals surface area contributed by atoms with E-state index in [-0.39, 0.29) is 30.7 Å². The Balaban J connectivity index is 1.45. The number of anilines is 2. The third-order valence-corrected chi connectivity index (χ3v) is 14.1. The fraction of sp³-hybridized carbons (Fsp3) is 0.457. The molecule has 2 aliphatic heterocycles. The second kappa shape index (κ2) is 13.4. The van der Waals surface area contributed by atoms with Crippen LogP contribution in [0.1, 0.15) is 34.6 Å². The molecule has 2 aliphatic rings. The molecule has 3 aromatic rings. The Morgan fingerprint density at radius 2 is 1.54 bits per heavy atom. The first kappa shape index (κ1) is 34.1. The van der Waals surface area contributed by atoms with Gasteiger partial charge in [0.05, 0.1) is 12.3 Å². The molecule has 5 atom stereocenters. The lowest BCUT2D eigenvalue weighted by molar-refractivity contribution is -0.454. The first-order chi connectivity index (χ1) is 21.9. The van der Waals surface area contributed by atoms with E-state index >= 15 is 0 Å². The summed E-state index contributed by atoms with van der Waals surface area (Å²) in [5.41, 5.74) is 1.25. The van der Waals surface area contributed by atoms with Gasteiger partial charge in [0.15, 0.2) is 6.61 Å². The van der Waals surface area contributed by atoms with Gasteiger partial charge in [-0.2, -0.15) is 0 Å². The highest BCUT2D eigenvalue weighted by Gasteiger charge is 2.59. The van der Waals surface area contributed by atoms with Crippen molar-refractivity contribution in [2.45, 2.75) is 69.5 Å². The lowest BCUT2D eigenvalue weighted by Crippen LogP contribution is -2.70. The maximum Gasteiger partial charge on any atom is 0.262 e. The third-order valence-electron chi connectivity index (χ3n) is 9.10. The van der Waals surface area contributed by atoms with Gasteiger partial charge in [-0.25, -0.2) is 0 Å². The summed E-state index contributed by atoms with van der Waals surface area (Å²) in [5, 5.41) is 19.7. The molecule has 1 saturated heterocycles. The van der Waals surface area contributed by atoms with Crippen molar-refractivity contribution in [3.63, 3.8) is 0 Å². The molecule has 1 fully saturated rings. The summed E-state index contributed by atoms with van der Waals surface area (Å²) in [6.45, 7) is 10.3. The molecule has 3 aromatic carbocycles. The molecule has 3 N–H and O–H groups in total. The zero-order chi connectivity index (χ0) is 33.2. The fourth-order valence-corrected chi connectivity index (χ4v) is 10.9. The van der Waals surface area contributed by atoms with Gasteiger partial charge < -0.3 is 43.9 Å². The fourth-order valence-electron chi connectivity index (χ4n) is 6.33. The molecule has 5 rings (SSSR count). The molecule has 0 aromatic heterocycles. The van der Waals surface area contributed by atoms with Crippen molar-refractivity contribution >= 4 is 36.0 Å². The molecule has 0 aliphatic carbocycles. The zero-order valence-corrected chi connectivity index (χ0v) is 28.7. The Bertz CT molecular complexity index is 1450. The minimum atomic E-state index is -2.94. The average molecular weight is 651 g/mol. The third kappa shape index (κ3) is 6.46. The normalized spacial score (nSPS) is 25.6. The number of benzene rings is 3. The van der Waals surface area contributed by atoms with E-state index < -0.39 is 38.2 Å². The highest BCUT2D eigenvalue weighted by atomic mass is 28.4. The number of aliphatic hydroxyl groups excluding tert-OH is 1. The second-order valence-corrected chi connectivity index (χ2v) is 17.3. The Morgan fingerprint density at radius 3 is 2.11 bits per heavy atom. The first-order valence-corrected chi connectivity index (χ1v) is 17.5. The lowest BCUT2D eigenvalue weighted by Gasteiger charge is -2.53. The number of methoxy groups -OCH3 is 2. The summed E-state index contributed by atoms with van der Waals surface area (Å²) in [6, 6.07) is 26.1. The Kier molecular flexibility index (Phi) is 9.95. The van der Waals surface area contributed by atoms with Crippen LogP contribution in [-0.2, 0) is 28.2 Å². The van der Waals surface area contributed by atoms with Gasteiger partial charge in [0, 0.05) is 26.5 Å². The van der Waals surface area contributed by atoms with Crippen LogP contribution in [0.15, 0.2) is 78.9 Å². The molecule has 0 spiro atoms. The molecule has 11 heteroatoms. The van der Waals surface area contributed by atoms with Crippen molar-refractivity contribution in [2.75, 3.05) is 44.6 Å². The van der Waals surface area contributed by atoms with Crippen molar-refractivity contribution in [1.82, 2.24) is 0 Å². The smallest absolute Gasteiger partial charge is 0.262 e. The molecule has 10 nitrogen and oxygen atoms in total. The number of aliphatic hydroxyl groups is 1. The van der Waals surface area contributed by atoms with Crippen molar-refractivity contribution in [2.24, 2.45) is 0 Å². The molecular formula is C35H46N2O8Si. The summed E-state index contributed by atoms with van der Waals surface area (Å²) in [4.78, 5) is 11.8. The molecule has 2 heterocycles. The lowest BCUT2D eigenvalue weighted by atomic mass is 10.0. The monoisotopic (exact) mass is 650 g/mol. The van der Waals surface area contributed by atoms with Crippen LogP contribution in [0.25, 0.3) is 0 Å². The quantitative estimate of drug-likeness (QED) is 0.266. The summed E-state index contributed by atoms with van der Waals surface area (Å²) in [5.74, 6) is -2.28. The van der Waals surface area contributed by atoms with Crippen LogP contribution < -0.4 is 25.7 Å². The molecule has 1 amide bonds. The Labute approximate surface area is 272 Å². The maximum absolute atomic E-state index is 11.8. The number of hydrogen-bond acceptors (Lipinski definition) is 9. The van der Waals surface area contributed by atoms with E-state index in [0.29, 0.717) is 17.1 Å². The topological polar surface area (TPSA) is 117 Å². The van der Waals surface area contributed by atoms with Gasteiger partial charge in [0.1, 0.15) is 24.1 Å². The van der Waals surface area contributed by atoms with Crippen molar-refractivity contribution in [3.8, 4) is 5.75 Å². The average Bonchev–Trinajstić information content (AvgIpc) is 3.05. The van der Waals surface area contributed by atoms with Gasteiger partial charge in [0.2, 0.25) is 11.6 Å². The number of hydrogen-bond donors (Lipinski definition) is 3. The molecule has 0 saturated carbocycles. The highest BCUT2D eigenvalue weighted by Crippen LogP contribution is 2.42. The van der Waals surface area contributed by atoms with E-state index in [1.54, 1.807) is 26.0 Å². The van der Waals surface area contributed by atoms with Gasteiger partial charge in [-0.05, 0) is 47.5 Å². The van der Waals surface area contributed by atoms with Gasteiger partial charge in [-0.1, -0.05) is 81.4 Å². The van der Waals surface area contributed by atoms with Gasteiger partial charge >= 0.3 is 0 Å². The second-order valence-electron chi connectivity index (χ2n) is 13.0. The van der Waals surface area contributed by atoms with Crippen LogP contribution in [0, 0.1) is 0 Å². The molecule has 248 valence electrons. The van der Waals surface area contributed by atoms with Crippen molar-refractivity contribution in [1.29, 1.82) is 0 Å². The zero-order valence-electron chi connectivity index (χ0n) is 27.7. The van der Waals surface area contributed by atoms with Crippen LogP contribution in [0.5, 0.6) is 5.75 Å². The van der Waals surface area contributed by atoms with Crippen molar-refractivity contribution < 1.29 is 38.0 Å². The largest absolute Gasteiger partial charge is 0.482 e. The van der Waals surface area contributed by atoms with E-state index in [0.717, 1.165) is 10.4 Å². The summed E-state index contributed by atoms with van der Waals surface area (Å²) < 4.78 is 37.5. The van der Waals surface area contributed by atoms with E-state index in [9.17, 15) is 9.90 Å². The minimum absolute atomic E-state index is 0.0203. The maximum atomic E-state index is 11.8. The molecule has 0 radical (unpaired) electrons. The van der Waals surface area contributed by atoms with E-state index in [2.05, 4.69) is 55.7 Å². The number of fused-ring (bicyclic) bond motifs is 1. The number of rotatable bonds is 11. The van der Waals surface area contributed by atoms with E-state index in [1.807, 2.05) is 42.5 Å².